The fraction of sp³-hybridized carbons (Fsp3) is 0.375. The monoisotopic (exact) mass is 385 g/mol. The zero-order valence-corrected chi connectivity index (χ0v) is 15.6. The smallest absolute Gasteiger partial charge is 0.240 e. The lowest BCUT2D eigenvalue weighted by Crippen LogP contribution is -2.34. The summed E-state index contributed by atoms with van der Waals surface area (Å²) in [6.07, 6.45) is 0.816. The molecule has 0 aliphatic rings. The van der Waals surface area contributed by atoms with Gasteiger partial charge in [0.05, 0.1) is 10.6 Å². The molecule has 0 spiro atoms. The van der Waals surface area contributed by atoms with E-state index in [1.54, 1.807) is 6.92 Å². The van der Waals surface area contributed by atoms with E-state index in [-0.39, 0.29) is 30.3 Å². The molecule has 2 rings (SSSR count). The number of nitrogens with zero attached hydrogens (tertiary/aromatic N) is 1. The van der Waals surface area contributed by atoms with Gasteiger partial charge in [-0.05, 0) is 44.5 Å². The fourth-order valence-electron chi connectivity index (χ4n) is 2.27. The average molecular weight is 386 g/mol. The molecule has 1 amide bonds. The van der Waals surface area contributed by atoms with Gasteiger partial charge in [-0.1, -0.05) is 16.8 Å². The van der Waals surface area contributed by atoms with Gasteiger partial charge in [0.1, 0.15) is 5.76 Å². The van der Waals surface area contributed by atoms with E-state index in [4.69, 9.17) is 16.1 Å². The first-order valence-corrected chi connectivity index (χ1v) is 9.59. The first-order valence-electron chi connectivity index (χ1n) is 7.73. The van der Waals surface area contributed by atoms with E-state index in [9.17, 15) is 13.2 Å². The lowest BCUT2D eigenvalue weighted by molar-refractivity contribution is -0.121. The summed E-state index contributed by atoms with van der Waals surface area (Å²) in [5, 5.41) is 6.98. The van der Waals surface area contributed by atoms with Crippen LogP contribution in [0.5, 0.6) is 0 Å². The summed E-state index contributed by atoms with van der Waals surface area (Å²) in [4.78, 5) is 12.0. The van der Waals surface area contributed by atoms with E-state index in [0.717, 1.165) is 11.3 Å². The number of halogens is 1. The van der Waals surface area contributed by atoms with Gasteiger partial charge in [0, 0.05) is 30.1 Å². The molecule has 0 saturated heterocycles. The molecule has 0 aliphatic heterocycles. The van der Waals surface area contributed by atoms with Crippen LogP contribution < -0.4 is 10.0 Å². The van der Waals surface area contributed by atoms with Gasteiger partial charge in [-0.3, -0.25) is 4.79 Å². The van der Waals surface area contributed by atoms with Crippen LogP contribution in [0, 0.1) is 13.8 Å². The Morgan fingerprint density at radius 1 is 1.20 bits per heavy atom. The average Bonchev–Trinajstić information content (AvgIpc) is 2.88. The number of carbonyl (C=O) groups excluding carboxylic acids is 1. The molecule has 136 valence electrons. The number of benzene rings is 1. The van der Waals surface area contributed by atoms with Crippen molar-refractivity contribution >= 4 is 27.5 Å². The molecule has 0 fully saturated rings. The summed E-state index contributed by atoms with van der Waals surface area (Å²) < 4.78 is 31.6. The molecule has 0 bridgehead atoms. The molecule has 0 radical (unpaired) electrons. The number of amides is 1. The fourth-order valence-corrected chi connectivity index (χ4v) is 3.43. The lowest BCUT2D eigenvalue weighted by atomic mass is 10.1. The molecule has 7 nitrogen and oxygen atoms in total. The van der Waals surface area contributed by atoms with Crippen LogP contribution in [0.15, 0.2) is 33.7 Å². The number of aromatic nitrogens is 1. The lowest BCUT2D eigenvalue weighted by Gasteiger charge is -2.08. The second-order valence-electron chi connectivity index (χ2n) is 5.50. The Morgan fingerprint density at radius 3 is 2.48 bits per heavy atom. The Kier molecular flexibility index (Phi) is 6.57. The van der Waals surface area contributed by atoms with Gasteiger partial charge >= 0.3 is 0 Å². The largest absolute Gasteiger partial charge is 0.361 e. The van der Waals surface area contributed by atoms with Crippen LogP contribution in [0.1, 0.15) is 23.4 Å². The van der Waals surface area contributed by atoms with Crippen molar-refractivity contribution in [2.75, 3.05) is 13.1 Å². The molecule has 0 saturated carbocycles. The van der Waals surface area contributed by atoms with Crippen molar-refractivity contribution in [3.63, 3.8) is 0 Å². The predicted molar refractivity (Wildman–Crippen MR) is 93.9 cm³/mol. The second-order valence-corrected chi connectivity index (χ2v) is 7.71. The maximum atomic E-state index is 12.1. The van der Waals surface area contributed by atoms with Crippen LogP contribution in [0.2, 0.25) is 5.02 Å². The van der Waals surface area contributed by atoms with E-state index in [1.165, 1.54) is 24.3 Å². The van der Waals surface area contributed by atoms with Gasteiger partial charge in [-0.15, -0.1) is 0 Å². The topological polar surface area (TPSA) is 101 Å². The molecule has 1 aromatic heterocycles. The van der Waals surface area contributed by atoms with Crippen LogP contribution in [-0.4, -0.2) is 32.6 Å². The molecular weight excluding hydrogens is 366 g/mol. The molecular formula is C16H20ClN3O4S. The molecule has 9 heteroatoms. The number of aryl methyl sites for hydroxylation is 2. The van der Waals surface area contributed by atoms with Crippen molar-refractivity contribution in [3.05, 3.63) is 46.3 Å². The number of nitrogens with one attached hydrogen (secondary N) is 2. The van der Waals surface area contributed by atoms with Crippen LogP contribution in [-0.2, 0) is 21.2 Å². The number of rotatable bonds is 8. The third-order valence-corrected chi connectivity index (χ3v) is 5.38. The zero-order valence-electron chi connectivity index (χ0n) is 14.0. The van der Waals surface area contributed by atoms with E-state index < -0.39 is 10.0 Å². The van der Waals surface area contributed by atoms with E-state index in [1.807, 2.05) is 6.92 Å². The van der Waals surface area contributed by atoms with Crippen LogP contribution in [0.4, 0.5) is 0 Å². The summed E-state index contributed by atoms with van der Waals surface area (Å²) in [5.41, 5.74) is 1.71. The highest BCUT2D eigenvalue weighted by Gasteiger charge is 2.14. The molecule has 2 aromatic rings. The van der Waals surface area contributed by atoms with Crippen LogP contribution in [0.25, 0.3) is 0 Å². The molecule has 0 atom stereocenters. The van der Waals surface area contributed by atoms with Gasteiger partial charge in [0.2, 0.25) is 15.9 Å². The summed E-state index contributed by atoms with van der Waals surface area (Å²) >= 11 is 5.74. The van der Waals surface area contributed by atoms with Crippen LogP contribution in [0.3, 0.4) is 0 Å². The zero-order chi connectivity index (χ0) is 18.4. The Bertz CT molecular complexity index is 812. The van der Waals surface area contributed by atoms with Crippen molar-refractivity contribution in [3.8, 4) is 0 Å². The quantitative estimate of drug-likeness (QED) is 0.676. The summed E-state index contributed by atoms with van der Waals surface area (Å²) in [6, 6.07) is 5.86. The van der Waals surface area contributed by atoms with Gasteiger partial charge < -0.3 is 9.84 Å². The molecule has 0 unspecified atom stereocenters. The van der Waals surface area contributed by atoms with Gasteiger partial charge in [-0.2, -0.15) is 0 Å². The first-order chi connectivity index (χ1) is 11.8. The number of sulfonamides is 1. The molecule has 2 N–H and O–H groups in total. The second kappa shape index (κ2) is 8.46. The standard InChI is InChI=1S/C16H20ClN3O4S/c1-11-15(12(2)24-20-11)7-8-16(21)18-9-10-19-25(22,23)14-5-3-13(17)4-6-14/h3-6,19H,7-10H2,1-2H3,(H,18,21). The molecule has 25 heavy (non-hydrogen) atoms. The highest BCUT2D eigenvalue weighted by Crippen LogP contribution is 2.14. The molecule has 0 aliphatic carbocycles. The van der Waals surface area contributed by atoms with Crippen molar-refractivity contribution in [1.29, 1.82) is 0 Å². The van der Waals surface area contributed by atoms with Crippen molar-refractivity contribution in [2.24, 2.45) is 0 Å². The van der Waals surface area contributed by atoms with Crippen molar-refractivity contribution in [2.45, 2.75) is 31.6 Å². The SMILES string of the molecule is Cc1noc(C)c1CCC(=O)NCCNS(=O)(=O)c1ccc(Cl)cc1. The summed E-state index contributed by atoms with van der Waals surface area (Å²) in [5.74, 6) is 0.548. The number of hydrogen-bond donors (Lipinski definition) is 2. The minimum absolute atomic E-state index is 0.0992. The van der Waals surface area contributed by atoms with Crippen LogP contribution >= 0.6 is 11.6 Å². The van der Waals surface area contributed by atoms with Crippen molar-refractivity contribution < 1.29 is 17.7 Å². The van der Waals surface area contributed by atoms with E-state index >= 15 is 0 Å². The van der Waals surface area contributed by atoms with E-state index in [0.29, 0.717) is 17.2 Å². The summed E-state index contributed by atoms with van der Waals surface area (Å²) in [6.45, 7) is 3.93. The number of carbonyl (C=O) groups is 1. The Hall–Kier alpha value is -1.90. The minimum Gasteiger partial charge on any atom is -0.361 e. The third-order valence-electron chi connectivity index (χ3n) is 3.65. The van der Waals surface area contributed by atoms with Crippen molar-refractivity contribution in [1.82, 2.24) is 15.2 Å². The normalized spacial score (nSPS) is 11.5. The van der Waals surface area contributed by atoms with E-state index in [2.05, 4.69) is 15.2 Å². The summed E-state index contributed by atoms with van der Waals surface area (Å²) in [7, 11) is -3.61. The highest BCUT2D eigenvalue weighted by atomic mass is 35.5. The Labute approximate surface area is 151 Å². The third kappa shape index (κ3) is 5.55. The van der Waals surface area contributed by atoms with Gasteiger partial charge in [0.25, 0.3) is 0 Å². The van der Waals surface area contributed by atoms with Gasteiger partial charge in [0.15, 0.2) is 0 Å². The first kappa shape index (κ1) is 19.4. The molecule has 1 aromatic carbocycles. The predicted octanol–water partition coefficient (Wildman–Crippen LogP) is 1.97. The highest BCUT2D eigenvalue weighted by molar-refractivity contribution is 7.89. The molecule has 1 heterocycles. The maximum absolute atomic E-state index is 12.1. The Morgan fingerprint density at radius 2 is 1.88 bits per heavy atom. The minimum atomic E-state index is -3.61. The Balaban J connectivity index is 1.73. The van der Waals surface area contributed by atoms with Gasteiger partial charge in [-0.25, -0.2) is 13.1 Å². The number of hydrogen-bond acceptors (Lipinski definition) is 5. The maximum Gasteiger partial charge on any atom is 0.240 e.